The van der Waals surface area contributed by atoms with E-state index in [2.05, 4.69) is 4.74 Å². The number of ketones is 1. The van der Waals surface area contributed by atoms with Crippen LogP contribution in [0.25, 0.3) is 0 Å². The molecule has 104 valence electrons. The second-order valence-corrected chi connectivity index (χ2v) is 4.45. The van der Waals surface area contributed by atoms with Crippen molar-refractivity contribution in [1.29, 1.82) is 0 Å². The fraction of sp³-hybridized carbons (Fsp3) is 0.286. The first-order valence-electron chi connectivity index (χ1n) is 6.01. The average Bonchev–Trinajstić information content (AvgIpc) is 2.68. The van der Waals surface area contributed by atoms with Gasteiger partial charge in [0.25, 0.3) is 11.8 Å². The first kappa shape index (κ1) is 13.9. The standard InChI is InChI=1S/C14H13NO5/c1-8(16)11(14(19)20-2)7-15-12(17)9-5-3-4-6-10(9)13(15)18/h3-6,11H,7H2,1-2H3/t11-/m1/s1. The summed E-state index contributed by atoms with van der Waals surface area (Å²) < 4.78 is 4.52. The Balaban J connectivity index is 2.28. The maximum Gasteiger partial charge on any atom is 0.318 e. The van der Waals surface area contributed by atoms with E-state index in [4.69, 9.17) is 0 Å². The van der Waals surface area contributed by atoms with Crippen LogP contribution < -0.4 is 0 Å². The molecular weight excluding hydrogens is 262 g/mol. The average molecular weight is 275 g/mol. The van der Waals surface area contributed by atoms with E-state index in [0.29, 0.717) is 0 Å². The van der Waals surface area contributed by atoms with Crippen molar-refractivity contribution in [2.45, 2.75) is 6.92 Å². The molecule has 0 fully saturated rings. The Morgan fingerprint density at radius 3 is 2.05 bits per heavy atom. The Kier molecular flexibility index (Phi) is 3.65. The van der Waals surface area contributed by atoms with Gasteiger partial charge in [0.05, 0.1) is 18.2 Å². The number of benzene rings is 1. The Hall–Kier alpha value is -2.50. The highest BCUT2D eigenvalue weighted by Crippen LogP contribution is 2.23. The lowest BCUT2D eigenvalue weighted by molar-refractivity contribution is -0.149. The molecule has 0 unspecified atom stereocenters. The van der Waals surface area contributed by atoms with Gasteiger partial charge in [-0.2, -0.15) is 0 Å². The van der Waals surface area contributed by atoms with E-state index in [1.807, 2.05) is 0 Å². The van der Waals surface area contributed by atoms with Crippen LogP contribution >= 0.6 is 0 Å². The summed E-state index contributed by atoms with van der Waals surface area (Å²) in [6.07, 6.45) is 0. The number of rotatable bonds is 4. The van der Waals surface area contributed by atoms with E-state index in [-0.39, 0.29) is 17.7 Å². The van der Waals surface area contributed by atoms with Crippen LogP contribution in [0.15, 0.2) is 24.3 Å². The van der Waals surface area contributed by atoms with E-state index in [9.17, 15) is 19.2 Å². The minimum Gasteiger partial charge on any atom is -0.468 e. The van der Waals surface area contributed by atoms with Crippen molar-refractivity contribution in [3.05, 3.63) is 35.4 Å². The van der Waals surface area contributed by atoms with Gasteiger partial charge in [0.1, 0.15) is 11.7 Å². The van der Waals surface area contributed by atoms with Crippen molar-refractivity contribution in [3.8, 4) is 0 Å². The van der Waals surface area contributed by atoms with E-state index >= 15 is 0 Å². The summed E-state index contributed by atoms with van der Waals surface area (Å²) >= 11 is 0. The number of hydrogen-bond acceptors (Lipinski definition) is 5. The van der Waals surface area contributed by atoms with Crippen molar-refractivity contribution in [2.24, 2.45) is 5.92 Å². The third kappa shape index (κ3) is 2.20. The molecule has 0 radical (unpaired) electrons. The molecule has 1 aromatic carbocycles. The molecule has 1 atom stereocenters. The summed E-state index contributed by atoms with van der Waals surface area (Å²) in [5.41, 5.74) is 0.564. The molecule has 1 heterocycles. The molecule has 2 amide bonds. The van der Waals surface area contributed by atoms with Gasteiger partial charge in [-0.15, -0.1) is 0 Å². The normalized spacial score (nSPS) is 15.0. The summed E-state index contributed by atoms with van der Waals surface area (Å²) in [7, 11) is 1.15. The van der Waals surface area contributed by atoms with Gasteiger partial charge in [0, 0.05) is 6.54 Å². The number of hydrogen-bond donors (Lipinski definition) is 0. The van der Waals surface area contributed by atoms with Crippen molar-refractivity contribution < 1.29 is 23.9 Å². The second-order valence-electron chi connectivity index (χ2n) is 4.45. The fourth-order valence-electron chi connectivity index (χ4n) is 2.10. The molecule has 2 rings (SSSR count). The number of methoxy groups -OCH3 is 1. The fourth-order valence-corrected chi connectivity index (χ4v) is 2.10. The van der Waals surface area contributed by atoms with E-state index < -0.39 is 29.5 Å². The Bertz CT molecular complexity index is 572. The number of imide groups is 1. The largest absolute Gasteiger partial charge is 0.468 e. The molecule has 0 N–H and O–H groups in total. The zero-order valence-electron chi connectivity index (χ0n) is 11.1. The highest BCUT2D eigenvalue weighted by atomic mass is 16.5. The van der Waals surface area contributed by atoms with Gasteiger partial charge in [0.15, 0.2) is 0 Å². The van der Waals surface area contributed by atoms with Gasteiger partial charge in [-0.25, -0.2) is 0 Å². The lowest BCUT2D eigenvalue weighted by atomic mass is 10.1. The van der Waals surface area contributed by atoms with Crippen LogP contribution in [0.2, 0.25) is 0 Å². The molecule has 0 saturated heterocycles. The molecular formula is C14H13NO5. The van der Waals surface area contributed by atoms with Crippen LogP contribution in [0, 0.1) is 5.92 Å². The predicted molar refractivity (Wildman–Crippen MR) is 68.0 cm³/mol. The van der Waals surface area contributed by atoms with Crippen LogP contribution in [-0.4, -0.2) is 42.1 Å². The number of nitrogens with zero attached hydrogens (tertiary/aromatic N) is 1. The molecule has 0 aromatic heterocycles. The maximum absolute atomic E-state index is 12.1. The van der Waals surface area contributed by atoms with E-state index in [1.54, 1.807) is 12.1 Å². The number of Topliss-reactive ketones (excluding diaryl/α,β-unsaturated/α-hetero) is 1. The highest BCUT2D eigenvalue weighted by molar-refractivity contribution is 6.21. The zero-order valence-corrected chi connectivity index (χ0v) is 11.1. The monoisotopic (exact) mass is 275 g/mol. The topological polar surface area (TPSA) is 80.8 Å². The minimum absolute atomic E-state index is 0.282. The number of carbonyl (C=O) groups is 4. The smallest absolute Gasteiger partial charge is 0.318 e. The zero-order chi connectivity index (χ0) is 14.9. The van der Waals surface area contributed by atoms with Gasteiger partial charge in [0.2, 0.25) is 0 Å². The quantitative estimate of drug-likeness (QED) is 0.458. The molecule has 0 saturated carbocycles. The molecule has 0 bridgehead atoms. The Morgan fingerprint density at radius 1 is 1.15 bits per heavy atom. The molecule has 0 aliphatic carbocycles. The minimum atomic E-state index is -1.15. The van der Waals surface area contributed by atoms with Gasteiger partial charge >= 0.3 is 5.97 Å². The number of esters is 1. The van der Waals surface area contributed by atoms with Crippen LogP contribution in [0.1, 0.15) is 27.6 Å². The van der Waals surface area contributed by atoms with Crippen molar-refractivity contribution in [2.75, 3.05) is 13.7 Å². The highest BCUT2D eigenvalue weighted by Gasteiger charge is 2.39. The molecule has 6 nitrogen and oxygen atoms in total. The number of amides is 2. The lowest BCUT2D eigenvalue weighted by Crippen LogP contribution is -2.40. The summed E-state index contributed by atoms with van der Waals surface area (Å²) in [5, 5.41) is 0. The summed E-state index contributed by atoms with van der Waals surface area (Å²) in [5.74, 6) is -3.36. The number of fused-ring (bicyclic) bond motifs is 1. The van der Waals surface area contributed by atoms with E-state index in [1.165, 1.54) is 19.1 Å². The van der Waals surface area contributed by atoms with Crippen molar-refractivity contribution in [3.63, 3.8) is 0 Å². The molecule has 6 heteroatoms. The molecule has 0 spiro atoms. The molecule has 1 aromatic rings. The van der Waals surface area contributed by atoms with Crippen LogP contribution in [0.5, 0.6) is 0 Å². The maximum atomic E-state index is 12.1. The van der Waals surface area contributed by atoms with Crippen molar-refractivity contribution in [1.82, 2.24) is 4.90 Å². The molecule has 1 aliphatic heterocycles. The Morgan fingerprint density at radius 2 is 1.65 bits per heavy atom. The van der Waals surface area contributed by atoms with Gasteiger partial charge in [-0.3, -0.25) is 24.1 Å². The second kappa shape index (κ2) is 5.24. The Labute approximate surface area is 115 Å². The lowest BCUT2D eigenvalue weighted by Gasteiger charge is -2.18. The van der Waals surface area contributed by atoms with Crippen molar-refractivity contribution >= 4 is 23.6 Å². The van der Waals surface area contributed by atoms with Crippen LogP contribution in [-0.2, 0) is 14.3 Å². The first-order valence-corrected chi connectivity index (χ1v) is 6.01. The molecule has 20 heavy (non-hydrogen) atoms. The third-order valence-electron chi connectivity index (χ3n) is 3.22. The summed E-state index contributed by atoms with van der Waals surface area (Å²) in [4.78, 5) is 48.1. The molecule has 1 aliphatic rings. The first-order chi connectivity index (χ1) is 9.47. The third-order valence-corrected chi connectivity index (χ3v) is 3.22. The van der Waals surface area contributed by atoms with Gasteiger partial charge < -0.3 is 4.74 Å². The van der Waals surface area contributed by atoms with Crippen LogP contribution in [0.3, 0.4) is 0 Å². The summed E-state index contributed by atoms with van der Waals surface area (Å²) in [6, 6.07) is 6.37. The summed E-state index contributed by atoms with van der Waals surface area (Å²) in [6.45, 7) is 0.925. The number of carbonyl (C=O) groups excluding carboxylic acids is 4. The van der Waals surface area contributed by atoms with Gasteiger partial charge in [-0.1, -0.05) is 12.1 Å². The number of ether oxygens (including phenoxy) is 1. The van der Waals surface area contributed by atoms with Gasteiger partial charge in [-0.05, 0) is 19.1 Å². The SMILES string of the molecule is COC(=O)[C@H](CN1C(=O)c2ccccc2C1=O)C(C)=O. The van der Waals surface area contributed by atoms with E-state index in [0.717, 1.165) is 12.0 Å². The van der Waals surface area contributed by atoms with Crippen LogP contribution in [0.4, 0.5) is 0 Å². The predicted octanol–water partition coefficient (Wildman–Crippen LogP) is 0.661.